The number of aliphatic hydroxyl groups is 1. The van der Waals surface area contributed by atoms with Crippen molar-refractivity contribution in [2.24, 2.45) is 5.92 Å². The van der Waals surface area contributed by atoms with Crippen LogP contribution in [0.3, 0.4) is 0 Å². The van der Waals surface area contributed by atoms with E-state index >= 15 is 0 Å². The summed E-state index contributed by atoms with van der Waals surface area (Å²) >= 11 is 0. The summed E-state index contributed by atoms with van der Waals surface area (Å²) in [7, 11) is 0. The van der Waals surface area contributed by atoms with Crippen molar-refractivity contribution in [3.63, 3.8) is 0 Å². The van der Waals surface area contributed by atoms with Crippen LogP contribution in [0.15, 0.2) is 0 Å². The molecule has 0 aromatic rings. The molecule has 0 bridgehead atoms. The molecule has 0 aromatic heterocycles. The quantitative estimate of drug-likeness (QED) is 0.638. The Morgan fingerprint density at radius 2 is 2.00 bits per heavy atom. The molecule has 2 N–H and O–H groups in total. The summed E-state index contributed by atoms with van der Waals surface area (Å²) < 4.78 is 0. The van der Waals surface area contributed by atoms with E-state index in [0.717, 1.165) is 19.8 Å². The second-order valence-corrected chi connectivity index (χ2v) is 4.08. The molecular weight excluding hydrogens is 152 g/mol. The van der Waals surface area contributed by atoms with E-state index in [1.54, 1.807) is 0 Å². The van der Waals surface area contributed by atoms with Crippen LogP contribution in [0.5, 0.6) is 0 Å². The molecule has 3 heteroatoms. The van der Waals surface area contributed by atoms with Gasteiger partial charge in [0.2, 0.25) is 0 Å². The third-order valence-electron chi connectivity index (χ3n) is 2.57. The molecule has 0 radical (unpaired) electrons. The van der Waals surface area contributed by atoms with Crippen molar-refractivity contribution in [1.82, 2.24) is 10.2 Å². The van der Waals surface area contributed by atoms with Gasteiger partial charge in [-0.1, -0.05) is 13.8 Å². The Morgan fingerprint density at radius 3 is 2.42 bits per heavy atom. The number of nitrogens with one attached hydrogen (secondary N) is 1. The second-order valence-electron chi connectivity index (χ2n) is 4.08. The lowest BCUT2D eigenvalue weighted by molar-refractivity contribution is -0.00475. The number of rotatable bonds is 4. The van der Waals surface area contributed by atoms with Crippen LogP contribution in [-0.2, 0) is 0 Å². The lowest BCUT2D eigenvalue weighted by atomic mass is 10.1. The molecule has 0 aromatic carbocycles. The SMILES string of the molecule is CC(C)C(C)NCN1CC(O)C1. The normalized spacial score (nSPS) is 22.8. The van der Waals surface area contributed by atoms with E-state index in [0.29, 0.717) is 12.0 Å². The Morgan fingerprint density at radius 1 is 1.42 bits per heavy atom. The highest BCUT2D eigenvalue weighted by Gasteiger charge is 2.23. The zero-order valence-corrected chi connectivity index (χ0v) is 8.25. The van der Waals surface area contributed by atoms with E-state index in [-0.39, 0.29) is 6.10 Å². The van der Waals surface area contributed by atoms with Gasteiger partial charge in [-0.2, -0.15) is 0 Å². The molecule has 0 spiro atoms. The van der Waals surface area contributed by atoms with E-state index in [1.807, 2.05) is 0 Å². The lowest BCUT2D eigenvalue weighted by Gasteiger charge is -2.37. The molecule has 12 heavy (non-hydrogen) atoms. The van der Waals surface area contributed by atoms with E-state index in [2.05, 4.69) is 31.0 Å². The molecule has 3 nitrogen and oxygen atoms in total. The molecular formula is C9H20N2O. The van der Waals surface area contributed by atoms with Crippen molar-refractivity contribution in [3.8, 4) is 0 Å². The summed E-state index contributed by atoms with van der Waals surface area (Å²) in [4.78, 5) is 2.21. The summed E-state index contributed by atoms with van der Waals surface area (Å²) in [6.45, 7) is 9.19. The Balaban J connectivity index is 2.02. The molecule has 1 atom stereocenters. The van der Waals surface area contributed by atoms with E-state index in [4.69, 9.17) is 5.11 Å². The van der Waals surface area contributed by atoms with Gasteiger partial charge in [-0.05, 0) is 12.8 Å². The van der Waals surface area contributed by atoms with Crippen molar-refractivity contribution in [2.45, 2.75) is 32.9 Å². The molecule has 1 rings (SSSR count). The van der Waals surface area contributed by atoms with Gasteiger partial charge in [0.1, 0.15) is 0 Å². The molecule has 1 aliphatic rings. The Bertz CT molecular complexity index is 132. The number of β-amino-alcohol motifs (C(OH)–C–C–N with tert-alkyl or cyclic N) is 1. The zero-order chi connectivity index (χ0) is 9.14. The van der Waals surface area contributed by atoms with Crippen LogP contribution >= 0.6 is 0 Å². The van der Waals surface area contributed by atoms with Crippen LogP contribution in [0, 0.1) is 5.92 Å². The van der Waals surface area contributed by atoms with Gasteiger partial charge >= 0.3 is 0 Å². The number of hydrogen-bond acceptors (Lipinski definition) is 3. The maximum atomic E-state index is 9.02. The fourth-order valence-corrected chi connectivity index (χ4v) is 1.18. The highest BCUT2D eigenvalue weighted by atomic mass is 16.3. The van der Waals surface area contributed by atoms with E-state index in [1.165, 1.54) is 0 Å². The van der Waals surface area contributed by atoms with Crippen LogP contribution in [0.25, 0.3) is 0 Å². The van der Waals surface area contributed by atoms with Crippen molar-refractivity contribution in [3.05, 3.63) is 0 Å². The molecule has 0 saturated carbocycles. The van der Waals surface area contributed by atoms with Crippen molar-refractivity contribution in [2.75, 3.05) is 19.8 Å². The average Bonchev–Trinajstić information content (AvgIpc) is 1.95. The molecule has 1 aliphatic heterocycles. The fourth-order valence-electron chi connectivity index (χ4n) is 1.18. The monoisotopic (exact) mass is 172 g/mol. The van der Waals surface area contributed by atoms with Gasteiger partial charge in [0.05, 0.1) is 6.10 Å². The highest BCUT2D eigenvalue weighted by molar-refractivity contribution is 4.78. The van der Waals surface area contributed by atoms with E-state index in [9.17, 15) is 0 Å². The third kappa shape index (κ3) is 2.73. The minimum Gasteiger partial charge on any atom is -0.390 e. The van der Waals surface area contributed by atoms with Gasteiger partial charge in [-0.15, -0.1) is 0 Å². The van der Waals surface area contributed by atoms with Crippen LogP contribution in [0.4, 0.5) is 0 Å². The summed E-state index contributed by atoms with van der Waals surface area (Å²) in [5.41, 5.74) is 0. The fraction of sp³-hybridized carbons (Fsp3) is 1.00. The first-order valence-corrected chi connectivity index (χ1v) is 4.73. The molecule has 0 amide bonds. The Kier molecular flexibility index (Phi) is 3.50. The molecule has 1 unspecified atom stereocenters. The minimum absolute atomic E-state index is 0.0823. The summed E-state index contributed by atoms with van der Waals surface area (Å²) in [5, 5.41) is 12.4. The molecule has 1 fully saturated rings. The number of nitrogens with zero attached hydrogens (tertiary/aromatic N) is 1. The van der Waals surface area contributed by atoms with Gasteiger partial charge in [0.15, 0.2) is 0 Å². The van der Waals surface area contributed by atoms with Crippen molar-refractivity contribution < 1.29 is 5.11 Å². The van der Waals surface area contributed by atoms with Gasteiger partial charge in [-0.3, -0.25) is 4.90 Å². The average molecular weight is 172 g/mol. The molecule has 1 saturated heterocycles. The molecule has 72 valence electrons. The summed E-state index contributed by atoms with van der Waals surface area (Å²) in [5.74, 6) is 0.677. The van der Waals surface area contributed by atoms with Gasteiger partial charge < -0.3 is 10.4 Å². The van der Waals surface area contributed by atoms with Crippen molar-refractivity contribution >= 4 is 0 Å². The maximum absolute atomic E-state index is 9.02. The zero-order valence-electron chi connectivity index (χ0n) is 8.25. The standard InChI is InChI=1S/C9H20N2O/c1-7(2)8(3)10-6-11-4-9(12)5-11/h7-10,12H,4-6H2,1-3H3. The predicted octanol–water partition coefficient (Wildman–Crippen LogP) is 0.254. The smallest absolute Gasteiger partial charge is 0.0794 e. The van der Waals surface area contributed by atoms with Crippen LogP contribution in [0.2, 0.25) is 0 Å². The Hall–Kier alpha value is -0.120. The molecule has 1 heterocycles. The van der Waals surface area contributed by atoms with Gasteiger partial charge in [-0.25, -0.2) is 0 Å². The maximum Gasteiger partial charge on any atom is 0.0794 e. The number of hydrogen-bond donors (Lipinski definition) is 2. The number of aliphatic hydroxyl groups excluding tert-OH is 1. The van der Waals surface area contributed by atoms with Crippen molar-refractivity contribution in [1.29, 1.82) is 0 Å². The minimum atomic E-state index is -0.0823. The van der Waals surface area contributed by atoms with Crippen LogP contribution in [0.1, 0.15) is 20.8 Å². The largest absolute Gasteiger partial charge is 0.390 e. The first-order chi connectivity index (χ1) is 5.59. The summed E-state index contributed by atoms with van der Waals surface area (Å²) in [6.07, 6.45) is -0.0823. The predicted molar refractivity (Wildman–Crippen MR) is 49.9 cm³/mol. The lowest BCUT2D eigenvalue weighted by Crippen LogP contribution is -2.55. The number of likely N-dealkylation sites (tertiary alicyclic amines) is 1. The van der Waals surface area contributed by atoms with Crippen LogP contribution < -0.4 is 5.32 Å². The first-order valence-electron chi connectivity index (χ1n) is 4.73. The Labute approximate surface area is 74.8 Å². The second kappa shape index (κ2) is 4.21. The van der Waals surface area contributed by atoms with Gasteiger partial charge in [0, 0.05) is 25.8 Å². The third-order valence-corrected chi connectivity index (χ3v) is 2.57. The molecule has 0 aliphatic carbocycles. The van der Waals surface area contributed by atoms with Crippen LogP contribution in [-0.4, -0.2) is 41.9 Å². The summed E-state index contributed by atoms with van der Waals surface area (Å²) in [6, 6.07) is 0.558. The van der Waals surface area contributed by atoms with E-state index < -0.39 is 0 Å². The topological polar surface area (TPSA) is 35.5 Å². The first kappa shape index (κ1) is 9.96. The van der Waals surface area contributed by atoms with Gasteiger partial charge in [0.25, 0.3) is 0 Å². The highest BCUT2D eigenvalue weighted by Crippen LogP contribution is 2.06.